The third-order valence-electron chi connectivity index (χ3n) is 6.72. The lowest BCUT2D eigenvalue weighted by molar-refractivity contribution is 0.308. The molecular formula is C31H38N2O5S. The monoisotopic (exact) mass is 550 g/mol. The summed E-state index contributed by atoms with van der Waals surface area (Å²) in [5.74, 6) is 2.24. The summed E-state index contributed by atoms with van der Waals surface area (Å²) in [5, 5.41) is 3.45. The van der Waals surface area contributed by atoms with Gasteiger partial charge in [-0.15, -0.1) is 0 Å². The Morgan fingerprint density at radius 2 is 1.64 bits per heavy atom. The van der Waals surface area contributed by atoms with E-state index >= 15 is 0 Å². The average molecular weight is 551 g/mol. The van der Waals surface area contributed by atoms with Crippen LogP contribution in [-0.2, 0) is 16.3 Å². The van der Waals surface area contributed by atoms with E-state index in [1.54, 1.807) is 38.5 Å². The van der Waals surface area contributed by atoms with Gasteiger partial charge in [-0.25, -0.2) is 8.42 Å². The largest absolute Gasteiger partial charge is 0.494 e. The topological polar surface area (TPSA) is 78.3 Å². The molecule has 0 saturated heterocycles. The zero-order chi connectivity index (χ0) is 27.8. The van der Waals surface area contributed by atoms with Crippen LogP contribution in [0.15, 0.2) is 82.8 Å². The van der Waals surface area contributed by atoms with Crippen molar-refractivity contribution < 1.29 is 22.6 Å². The van der Waals surface area contributed by atoms with Crippen LogP contribution in [-0.4, -0.2) is 46.7 Å². The fourth-order valence-electron chi connectivity index (χ4n) is 4.62. The van der Waals surface area contributed by atoms with E-state index < -0.39 is 9.84 Å². The van der Waals surface area contributed by atoms with Gasteiger partial charge < -0.3 is 23.9 Å². The fourth-order valence-corrected chi connectivity index (χ4v) is 6.40. The van der Waals surface area contributed by atoms with Crippen molar-refractivity contribution in [3.8, 4) is 17.2 Å². The summed E-state index contributed by atoms with van der Waals surface area (Å²) in [6.07, 6.45) is 6.61. The molecular weight excluding hydrogens is 512 g/mol. The zero-order valence-electron chi connectivity index (χ0n) is 23.1. The van der Waals surface area contributed by atoms with E-state index in [4.69, 9.17) is 14.2 Å². The van der Waals surface area contributed by atoms with Crippen molar-refractivity contribution in [1.82, 2.24) is 9.72 Å². The first-order chi connectivity index (χ1) is 18.8. The van der Waals surface area contributed by atoms with Gasteiger partial charge in [0.25, 0.3) is 0 Å². The standard InChI is InChI=1S/C31H38N2O5S/c1-23(2)27-22-33-19-6-5-10-28(33)31(27)39(34,35)26-14-12-25(13-15-26)38-20-8-18-32-17-7-9-24-11-16-29(36-3)30(21-24)37-4/h5-6,10-16,19,21-23,32H,7-9,17-18,20H2,1-4H3. The zero-order valence-corrected chi connectivity index (χ0v) is 24.0. The molecule has 4 aromatic rings. The molecule has 2 aromatic carbocycles. The van der Waals surface area contributed by atoms with Crippen LogP contribution in [0.1, 0.15) is 43.7 Å². The molecule has 1 N–H and O–H groups in total. The molecule has 0 saturated carbocycles. The van der Waals surface area contributed by atoms with E-state index in [0.29, 0.717) is 22.8 Å². The lowest BCUT2D eigenvalue weighted by Gasteiger charge is -2.11. The van der Waals surface area contributed by atoms with Crippen LogP contribution in [0.4, 0.5) is 0 Å². The minimum absolute atomic E-state index is 0.0804. The molecule has 0 spiro atoms. The van der Waals surface area contributed by atoms with Crippen LogP contribution >= 0.6 is 0 Å². The van der Waals surface area contributed by atoms with Gasteiger partial charge in [-0.3, -0.25) is 0 Å². The maximum atomic E-state index is 13.6. The summed E-state index contributed by atoms with van der Waals surface area (Å²) in [5.41, 5.74) is 2.73. The van der Waals surface area contributed by atoms with Gasteiger partial charge in [-0.05, 0) is 97.9 Å². The number of hydrogen-bond donors (Lipinski definition) is 1. The molecule has 0 amide bonds. The molecule has 4 rings (SSSR count). The Balaban J connectivity index is 1.24. The van der Waals surface area contributed by atoms with Crippen molar-refractivity contribution in [2.24, 2.45) is 0 Å². The highest BCUT2D eigenvalue weighted by Gasteiger charge is 2.27. The number of rotatable bonds is 14. The van der Waals surface area contributed by atoms with Crippen LogP contribution in [0.5, 0.6) is 17.2 Å². The first-order valence-electron chi connectivity index (χ1n) is 13.3. The second-order valence-corrected chi connectivity index (χ2v) is 11.7. The Morgan fingerprint density at radius 1 is 0.897 bits per heavy atom. The number of hydrogen-bond acceptors (Lipinski definition) is 6. The number of ether oxygens (including phenoxy) is 3. The predicted octanol–water partition coefficient (Wildman–Crippen LogP) is 5.90. The summed E-state index contributed by atoms with van der Waals surface area (Å²) in [6.45, 7) is 6.33. The molecule has 0 aliphatic rings. The van der Waals surface area contributed by atoms with Crippen molar-refractivity contribution in [1.29, 1.82) is 0 Å². The Hall–Kier alpha value is -3.49. The van der Waals surface area contributed by atoms with Crippen LogP contribution in [0.25, 0.3) is 5.52 Å². The van der Waals surface area contributed by atoms with E-state index in [0.717, 1.165) is 49.4 Å². The summed E-state index contributed by atoms with van der Waals surface area (Å²) >= 11 is 0. The summed E-state index contributed by atoms with van der Waals surface area (Å²) in [4.78, 5) is 0.647. The van der Waals surface area contributed by atoms with Crippen molar-refractivity contribution >= 4 is 15.4 Å². The van der Waals surface area contributed by atoms with E-state index in [2.05, 4.69) is 11.4 Å². The first-order valence-corrected chi connectivity index (χ1v) is 14.8. The van der Waals surface area contributed by atoms with E-state index in [1.165, 1.54) is 5.56 Å². The number of methoxy groups -OCH3 is 2. The smallest absolute Gasteiger partial charge is 0.209 e. The van der Waals surface area contributed by atoms with Gasteiger partial charge in [-0.1, -0.05) is 26.0 Å². The minimum Gasteiger partial charge on any atom is -0.494 e. The molecule has 0 radical (unpaired) electrons. The number of nitrogens with zero attached hydrogens (tertiary/aromatic N) is 1. The molecule has 7 nitrogen and oxygen atoms in total. The number of sulfone groups is 1. The second kappa shape index (κ2) is 13.0. The molecule has 0 fully saturated rings. The fraction of sp³-hybridized carbons (Fsp3) is 0.355. The molecule has 0 aliphatic carbocycles. The molecule has 0 aliphatic heterocycles. The van der Waals surface area contributed by atoms with Gasteiger partial charge in [-0.2, -0.15) is 0 Å². The second-order valence-electron chi connectivity index (χ2n) is 9.78. The van der Waals surface area contributed by atoms with Crippen LogP contribution < -0.4 is 19.5 Å². The van der Waals surface area contributed by atoms with E-state index in [9.17, 15) is 8.42 Å². The highest BCUT2D eigenvalue weighted by molar-refractivity contribution is 7.91. The van der Waals surface area contributed by atoms with Crippen LogP contribution in [0.3, 0.4) is 0 Å². The van der Waals surface area contributed by atoms with E-state index in [1.807, 2.05) is 61.0 Å². The van der Waals surface area contributed by atoms with Gasteiger partial charge >= 0.3 is 0 Å². The van der Waals surface area contributed by atoms with Crippen LogP contribution in [0.2, 0.25) is 0 Å². The quantitative estimate of drug-likeness (QED) is 0.197. The summed E-state index contributed by atoms with van der Waals surface area (Å²) in [7, 11) is -0.393. The van der Waals surface area contributed by atoms with Crippen molar-refractivity contribution in [3.05, 3.63) is 84.2 Å². The molecule has 2 heterocycles. The van der Waals surface area contributed by atoms with Crippen LogP contribution in [0, 0.1) is 0 Å². The Labute approximate surface area is 231 Å². The van der Waals surface area contributed by atoms with Gasteiger partial charge in [0.15, 0.2) is 11.5 Å². The Bertz CT molecular complexity index is 1480. The Morgan fingerprint density at radius 3 is 2.36 bits per heavy atom. The van der Waals surface area contributed by atoms with E-state index in [-0.39, 0.29) is 10.8 Å². The van der Waals surface area contributed by atoms with Gasteiger partial charge in [0.2, 0.25) is 9.84 Å². The SMILES string of the molecule is COc1ccc(CCCNCCCOc2ccc(S(=O)(=O)c3c(C(C)C)cn4ccccc34)cc2)cc1OC. The molecule has 0 bridgehead atoms. The highest BCUT2D eigenvalue weighted by Crippen LogP contribution is 2.34. The molecule has 39 heavy (non-hydrogen) atoms. The average Bonchev–Trinajstić information content (AvgIpc) is 3.35. The molecule has 208 valence electrons. The number of aromatic nitrogens is 1. The highest BCUT2D eigenvalue weighted by atomic mass is 32.2. The third-order valence-corrected chi connectivity index (χ3v) is 8.60. The molecule has 0 unspecified atom stereocenters. The third kappa shape index (κ3) is 6.75. The number of pyridine rings is 1. The predicted molar refractivity (Wildman–Crippen MR) is 154 cm³/mol. The van der Waals surface area contributed by atoms with Gasteiger partial charge in [0.1, 0.15) is 10.6 Å². The minimum atomic E-state index is -3.68. The van der Waals surface area contributed by atoms with Gasteiger partial charge in [0, 0.05) is 12.4 Å². The number of fused-ring (bicyclic) bond motifs is 1. The number of aryl methyl sites for hydroxylation is 1. The van der Waals surface area contributed by atoms with Crippen molar-refractivity contribution in [3.63, 3.8) is 0 Å². The summed E-state index contributed by atoms with van der Waals surface area (Å²) in [6, 6.07) is 18.4. The molecule has 2 aromatic heterocycles. The molecule has 8 heteroatoms. The Kier molecular flexibility index (Phi) is 9.54. The first kappa shape index (κ1) is 28.5. The lowest BCUT2D eigenvalue weighted by atomic mass is 10.1. The van der Waals surface area contributed by atoms with Gasteiger partial charge in [0.05, 0.1) is 31.2 Å². The normalized spacial score (nSPS) is 11.7. The van der Waals surface area contributed by atoms with Crippen molar-refractivity contribution in [2.75, 3.05) is 33.9 Å². The number of benzene rings is 2. The molecule has 0 atom stereocenters. The lowest BCUT2D eigenvalue weighted by Crippen LogP contribution is -2.19. The number of nitrogens with one attached hydrogen (secondary N) is 1. The maximum absolute atomic E-state index is 13.6. The van der Waals surface area contributed by atoms with Crippen molar-refractivity contribution in [2.45, 2.75) is 48.8 Å². The maximum Gasteiger partial charge on any atom is 0.209 e. The summed E-state index contributed by atoms with van der Waals surface area (Å²) < 4.78 is 45.6.